The van der Waals surface area contributed by atoms with Gasteiger partial charge in [0.05, 0.1) is 7.11 Å². The zero-order valence-corrected chi connectivity index (χ0v) is 15.8. The van der Waals surface area contributed by atoms with Gasteiger partial charge in [-0.15, -0.1) is 0 Å². The van der Waals surface area contributed by atoms with Crippen LogP contribution < -0.4 is 10.1 Å². The molecule has 0 spiro atoms. The van der Waals surface area contributed by atoms with Gasteiger partial charge in [0.2, 0.25) is 0 Å². The second-order valence-corrected chi connectivity index (χ2v) is 6.63. The molecule has 2 heterocycles. The minimum absolute atomic E-state index is 0.0133. The molecule has 2 amide bonds. The maximum absolute atomic E-state index is 12.2. The van der Waals surface area contributed by atoms with Gasteiger partial charge in [0.1, 0.15) is 5.75 Å². The van der Waals surface area contributed by atoms with Crippen molar-refractivity contribution >= 4 is 6.03 Å². The van der Waals surface area contributed by atoms with Crippen LogP contribution in [0, 0.1) is 5.92 Å². The monoisotopic (exact) mass is 374 g/mol. The fourth-order valence-electron chi connectivity index (χ4n) is 3.15. The molecule has 1 aromatic heterocycles. The van der Waals surface area contributed by atoms with Crippen molar-refractivity contribution in [3.05, 3.63) is 30.1 Å². The molecule has 0 aliphatic carbocycles. The molecule has 2 aromatic rings. The van der Waals surface area contributed by atoms with Crippen LogP contribution in [-0.2, 0) is 11.2 Å². The average Bonchev–Trinajstić information content (AvgIpc) is 3.35. The molecule has 8 nitrogen and oxygen atoms in total. The largest absolute Gasteiger partial charge is 0.497 e. The highest BCUT2D eigenvalue weighted by Crippen LogP contribution is 2.23. The second kappa shape index (κ2) is 9.36. The maximum Gasteiger partial charge on any atom is 0.317 e. The number of likely N-dealkylation sites (tertiary alicyclic amines) is 1. The molecule has 8 heteroatoms. The van der Waals surface area contributed by atoms with Crippen LogP contribution in [-0.4, -0.2) is 61.5 Å². The fourth-order valence-corrected chi connectivity index (χ4v) is 3.15. The summed E-state index contributed by atoms with van der Waals surface area (Å²) in [6.07, 6.45) is 2.46. The first-order valence-electron chi connectivity index (χ1n) is 9.18. The standard InChI is InChI=1S/C19H26N4O4/c1-25-11-3-9-20-19(24)23-10-8-14(13-23)12-17-21-18(27-22-17)15-4-6-16(26-2)7-5-15/h4-7,14H,3,8-13H2,1-2H3,(H,20,24). The van der Waals surface area contributed by atoms with E-state index in [1.807, 2.05) is 29.2 Å². The Hall–Kier alpha value is -2.61. The Bertz CT molecular complexity index is 732. The van der Waals surface area contributed by atoms with Crippen LogP contribution in [0.3, 0.4) is 0 Å². The molecule has 1 N–H and O–H groups in total. The van der Waals surface area contributed by atoms with E-state index in [4.69, 9.17) is 14.0 Å². The molecular weight excluding hydrogens is 348 g/mol. The Kier molecular flexibility index (Phi) is 6.64. The minimum atomic E-state index is -0.0133. The predicted molar refractivity (Wildman–Crippen MR) is 99.6 cm³/mol. The summed E-state index contributed by atoms with van der Waals surface area (Å²) in [4.78, 5) is 18.5. The highest BCUT2D eigenvalue weighted by molar-refractivity contribution is 5.74. The molecule has 3 rings (SSSR count). The van der Waals surface area contributed by atoms with Crippen LogP contribution in [0.2, 0.25) is 0 Å². The van der Waals surface area contributed by atoms with Crippen molar-refractivity contribution in [1.82, 2.24) is 20.4 Å². The molecule has 0 bridgehead atoms. The molecule has 1 aliphatic heterocycles. The Labute approximate surface area is 158 Å². The molecule has 146 valence electrons. The third-order valence-corrected chi connectivity index (χ3v) is 4.65. The lowest BCUT2D eigenvalue weighted by molar-refractivity contribution is 0.188. The van der Waals surface area contributed by atoms with Gasteiger partial charge in [0.15, 0.2) is 5.82 Å². The Balaban J connectivity index is 1.48. The van der Waals surface area contributed by atoms with Crippen LogP contribution in [0.1, 0.15) is 18.7 Å². The number of methoxy groups -OCH3 is 2. The van der Waals surface area contributed by atoms with Crippen LogP contribution >= 0.6 is 0 Å². The highest BCUT2D eigenvalue weighted by atomic mass is 16.5. The lowest BCUT2D eigenvalue weighted by Gasteiger charge is -2.17. The molecule has 0 radical (unpaired) electrons. The van der Waals surface area contributed by atoms with E-state index in [-0.39, 0.29) is 6.03 Å². The Morgan fingerprint density at radius 2 is 2.15 bits per heavy atom. The van der Waals surface area contributed by atoms with Crippen molar-refractivity contribution in [1.29, 1.82) is 0 Å². The number of aromatic nitrogens is 2. The number of rotatable bonds is 8. The van der Waals surface area contributed by atoms with Gasteiger partial charge >= 0.3 is 6.03 Å². The van der Waals surface area contributed by atoms with Crippen molar-refractivity contribution in [2.45, 2.75) is 19.3 Å². The predicted octanol–water partition coefficient (Wildman–Crippen LogP) is 2.36. The van der Waals surface area contributed by atoms with Crippen LogP contribution in [0.25, 0.3) is 11.5 Å². The molecule has 0 saturated carbocycles. The SMILES string of the molecule is COCCCNC(=O)N1CCC(Cc2noc(-c3ccc(OC)cc3)n2)C1. The molecule has 1 aliphatic rings. The van der Waals surface area contributed by atoms with Crippen LogP contribution in [0.15, 0.2) is 28.8 Å². The summed E-state index contributed by atoms with van der Waals surface area (Å²) < 4.78 is 15.5. The van der Waals surface area contributed by atoms with E-state index in [1.165, 1.54) is 0 Å². The van der Waals surface area contributed by atoms with Gasteiger partial charge in [-0.25, -0.2) is 4.79 Å². The number of hydrogen-bond acceptors (Lipinski definition) is 6. The zero-order chi connectivity index (χ0) is 19.1. The van der Waals surface area contributed by atoms with E-state index < -0.39 is 0 Å². The summed E-state index contributed by atoms with van der Waals surface area (Å²) >= 11 is 0. The second-order valence-electron chi connectivity index (χ2n) is 6.63. The summed E-state index contributed by atoms with van der Waals surface area (Å²) in [6.45, 7) is 2.74. The maximum atomic E-state index is 12.2. The number of urea groups is 1. The van der Waals surface area contributed by atoms with Crippen LogP contribution in [0.4, 0.5) is 4.79 Å². The minimum Gasteiger partial charge on any atom is -0.497 e. The summed E-state index contributed by atoms with van der Waals surface area (Å²) in [5.74, 6) is 2.30. The van der Waals surface area contributed by atoms with Gasteiger partial charge in [-0.3, -0.25) is 0 Å². The highest BCUT2D eigenvalue weighted by Gasteiger charge is 2.27. The van der Waals surface area contributed by atoms with E-state index in [0.29, 0.717) is 43.8 Å². The first-order valence-corrected chi connectivity index (χ1v) is 9.18. The third kappa shape index (κ3) is 5.19. The van der Waals surface area contributed by atoms with Crippen molar-refractivity contribution in [3.63, 3.8) is 0 Å². The molecule has 1 saturated heterocycles. The van der Waals surface area contributed by atoms with Crippen molar-refractivity contribution in [2.75, 3.05) is 40.5 Å². The van der Waals surface area contributed by atoms with Gasteiger partial charge < -0.3 is 24.2 Å². The molecule has 1 unspecified atom stereocenters. The van der Waals surface area contributed by atoms with E-state index in [9.17, 15) is 4.79 Å². The van der Waals surface area contributed by atoms with E-state index in [0.717, 1.165) is 30.7 Å². The molecule has 1 atom stereocenters. The quantitative estimate of drug-likeness (QED) is 0.714. The Morgan fingerprint density at radius 3 is 2.89 bits per heavy atom. The molecule has 27 heavy (non-hydrogen) atoms. The number of ether oxygens (including phenoxy) is 2. The van der Waals surface area contributed by atoms with Gasteiger partial charge in [-0.05, 0) is 43.0 Å². The van der Waals surface area contributed by atoms with Crippen molar-refractivity contribution in [2.24, 2.45) is 5.92 Å². The van der Waals surface area contributed by atoms with Crippen molar-refractivity contribution in [3.8, 4) is 17.2 Å². The van der Waals surface area contributed by atoms with Gasteiger partial charge in [-0.2, -0.15) is 4.98 Å². The van der Waals surface area contributed by atoms with Gasteiger partial charge in [0.25, 0.3) is 5.89 Å². The van der Waals surface area contributed by atoms with E-state index in [1.54, 1.807) is 14.2 Å². The number of nitrogens with zero attached hydrogens (tertiary/aromatic N) is 3. The van der Waals surface area contributed by atoms with Crippen LogP contribution in [0.5, 0.6) is 5.75 Å². The normalized spacial score (nSPS) is 16.5. The number of amides is 2. The van der Waals surface area contributed by atoms with E-state index >= 15 is 0 Å². The first kappa shape index (κ1) is 19.2. The Morgan fingerprint density at radius 1 is 1.33 bits per heavy atom. The number of benzene rings is 1. The molecular formula is C19H26N4O4. The lowest BCUT2D eigenvalue weighted by atomic mass is 10.1. The fraction of sp³-hybridized carbons (Fsp3) is 0.526. The molecule has 1 fully saturated rings. The summed E-state index contributed by atoms with van der Waals surface area (Å²) in [5.41, 5.74) is 0.859. The topological polar surface area (TPSA) is 89.7 Å². The number of carbonyl (C=O) groups is 1. The summed E-state index contributed by atoms with van der Waals surface area (Å²) in [6, 6.07) is 7.49. The van der Waals surface area contributed by atoms with E-state index in [2.05, 4.69) is 15.5 Å². The number of hydrogen-bond donors (Lipinski definition) is 1. The number of carbonyl (C=O) groups excluding carboxylic acids is 1. The van der Waals surface area contributed by atoms with Gasteiger partial charge in [0, 0.05) is 45.3 Å². The summed E-state index contributed by atoms with van der Waals surface area (Å²) in [5, 5.41) is 7.01. The molecule has 1 aromatic carbocycles. The smallest absolute Gasteiger partial charge is 0.317 e. The lowest BCUT2D eigenvalue weighted by Crippen LogP contribution is -2.39. The third-order valence-electron chi connectivity index (χ3n) is 4.65. The number of nitrogens with one attached hydrogen (secondary N) is 1. The average molecular weight is 374 g/mol. The van der Waals surface area contributed by atoms with Gasteiger partial charge in [-0.1, -0.05) is 5.16 Å². The first-order chi connectivity index (χ1) is 13.2. The summed E-state index contributed by atoms with van der Waals surface area (Å²) in [7, 11) is 3.29. The van der Waals surface area contributed by atoms with Crippen molar-refractivity contribution < 1.29 is 18.8 Å². The zero-order valence-electron chi connectivity index (χ0n) is 15.8.